The Morgan fingerprint density at radius 2 is 2.35 bits per heavy atom. The van der Waals surface area contributed by atoms with E-state index in [0.717, 1.165) is 37.0 Å². The number of rotatable bonds is 3. The third-order valence-corrected chi connectivity index (χ3v) is 3.33. The van der Waals surface area contributed by atoms with E-state index in [0.29, 0.717) is 5.92 Å². The van der Waals surface area contributed by atoms with Gasteiger partial charge in [-0.15, -0.1) is 35.3 Å². The molecule has 0 aliphatic carbocycles. The first-order valence-corrected chi connectivity index (χ1v) is 6.60. The Labute approximate surface area is 123 Å². The van der Waals surface area contributed by atoms with Crippen molar-refractivity contribution in [2.24, 2.45) is 4.99 Å². The number of nitrogens with zero attached hydrogens (tertiary/aromatic N) is 2. The van der Waals surface area contributed by atoms with Crippen LogP contribution in [0.5, 0.6) is 0 Å². The topological polar surface area (TPSA) is 49.3 Å². The van der Waals surface area contributed by atoms with E-state index >= 15 is 0 Å². The van der Waals surface area contributed by atoms with Gasteiger partial charge in [0.05, 0.1) is 12.2 Å². The Bertz CT molecular complexity index is 375. The van der Waals surface area contributed by atoms with E-state index in [2.05, 4.69) is 39.8 Å². The summed E-state index contributed by atoms with van der Waals surface area (Å²) in [5.41, 5.74) is 1.18. The highest BCUT2D eigenvalue weighted by Crippen LogP contribution is 2.17. The molecule has 2 rings (SSSR count). The maximum atomic E-state index is 4.57. The molecule has 1 aromatic rings. The summed E-state index contributed by atoms with van der Waals surface area (Å²) in [5.74, 6) is 1.42. The van der Waals surface area contributed by atoms with Gasteiger partial charge >= 0.3 is 0 Å². The van der Waals surface area contributed by atoms with E-state index < -0.39 is 0 Å². The molecule has 0 saturated carbocycles. The molecule has 96 valence electrons. The minimum absolute atomic E-state index is 0. The summed E-state index contributed by atoms with van der Waals surface area (Å²) >= 11 is 1.71. The van der Waals surface area contributed by atoms with Crippen molar-refractivity contribution in [1.29, 1.82) is 0 Å². The van der Waals surface area contributed by atoms with Gasteiger partial charge in [0.2, 0.25) is 0 Å². The van der Waals surface area contributed by atoms with Gasteiger partial charge in [-0.2, -0.15) is 0 Å². The van der Waals surface area contributed by atoms with Crippen LogP contribution in [-0.4, -0.2) is 24.0 Å². The summed E-state index contributed by atoms with van der Waals surface area (Å²) in [6.45, 7) is 7.03. The number of hydrogen-bond donors (Lipinski definition) is 2. The second-order valence-electron chi connectivity index (χ2n) is 4.19. The molecule has 6 heteroatoms. The zero-order valence-electron chi connectivity index (χ0n) is 10.2. The Balaban J connectivity index is 0.00000144. The molecule has 0 radical (unpaired) electrons. The van der Waals surface area contributed by atoms with E-state index in [1.54, 1.807) is 11.3 Å². The van der Waals surface area contributed by atoms with Gasteiger partial charge in [-0.25, -0.2) is 4.98 Å². The SMILES string of the molecule is CC(C)c1csc(CNC2=NCCCN2)n1.I. The number of halogens is 1. The van der Waals surface area contributed by atoms with Crippen LogP contribution in [0.3, 0.4) is 0 Å². The number of aromatic nitrogens is 1. The molecule has 0 amide bonds. The molecule has 1 aliphatic rings. The van der Waals surface area contributed by atoms with Gasteiger partial charge in [-0.3, -0.25) is 4.99 Å². The lowest BCUT2D eigenvalue weighted by atomic mass is 10.2. The summed E-state index contributed by atoms with van der Waals surface area (Å²) < 4.78 is 0. The molecule has 0 unspecified atom stereocenters. The quantitative estimate of drug-likeness (QED) is 0.808. The summed E-state index contributed by atoms with van der Waals surface area (Å²) in [6.07, 6.45) is 1.12. The maximum Gasteiger partial charge on any atom is 0.191 e. The van der Waals surface area contributed by atoms with E-state index in [1.807, 2.05) is 0 Å². The van der Waals surface area contributed by atoms with Crippen LogP contribution in [-0.2, 0) is 6.54 Å². The average molecular weight is 366 g/mol. The Morgan fingerprint density at radius 1 is 1.53 bits per heavy atom. The first-order valence-electron chi connectivity index (χ1n) is 5.72. The van der Waals surface area contributed by atoms with Crippen LogP contribution in [0.4, 0.5) is 0 Å². The molecule has 0 atom stereocenters. The summed E-state index contributed by atoms with van der Waals surface area (Å²) in [4.78, 5) is 8.93. The largest absolute Gasteiger partial charge is 0.356 e. The van der Waals surface area contributed by atoms with Gasteiger partial charge in [0.25, 0.3) is 0 Å². The van der Waals surface area contributed by atoms with Gasteiger partial charge in [0.1, 0.15) is 5.01 Å². The zero-order valence-corrected chi connectivity index (χ0v) is 13.3. The monoisotopic (exact) mass is 366 g/mol. The van der Waals surface area contributed by atoms with Gasteiger partial charge in [0.15, 0.2) is 5.96 Å². The van der Waals surface area contributed by atoms with Crippen molar-refractivity contribution < 1.29 is 0 Å². The lowest BCUT2D eigenvalue weighted by Gasteiger charge is -2.15. The minimum Gasteiger partial charge on any atom is -0.356 e. The standard InChI is InChI=1S/C11H18N4S.HI/c1-8(2)9-7-16-10(15-9)6-14-11-12-4-3-5-13-11;/h7-8H,3-6H2,1-2H3,(H2,12,13,14);1H. The predicted molar refractivity (Wildman–Crippen MR) is 83.4 cm³/mol. The molecule has 1 aromatic heterocycles. The fourth-order valence-electron chi connectivity index (χ4n) is 1.48. The highest BCUT2D eigenvalue weighted by atomic mass is 127. The van der Waals surface area contributed by atoms with Crippen LogP contribution in [0.2, 0.25) is 0 Å². The third-order valence-electron chi connectivity index (χ3n) is 2.47. The van der Waals surface area contributed by atoms with Crippen LogP contribution < -0.4 is 10.6 Å². The van der Waals surface area contributed by atoms with Gasteiger partial charge in [0, 0.05) is 18.5 Å². The first kappa shape index (κ1) is 14.7. The van der Waals surface area contributed by atoms with E-state index in [9.17, 15) is 0 Å². The van der Waals surface area contributed by atoms with Crippen LogP contribution in [0.15, 0.2) is 10.4 Å². The van der Waals surface area contributed by atoms with Crippen molar-refractivity contribution in [3.8, 4) is 0 Å². The van der Waals surface area contributed by atoms with Crippen LogP contribution in [0.1, 0.15) is 36.9 Å². The smallest absolute Gasteiger partial charge is 0.191 e. The van der Waals surface area contributed by atoms with Gasteiger partial charge in [-0.05, 0) is 12.3 Å². The van der Waals surface area contributed by atoms with Crippen LogP contribution in [0, 0.1) is 0 Å². The maximum absolute atomic E-state index is 4.57. The van der Waals surface area contributed by atoms with Crippen molar-refractivity contribution in [2.45, 2.75) is 32.7 Å². The molecule has 2 heterocycles. The Morgan fingerprint density at radius 3 is 2.94 bits per heavy atom. The Kier molecular flexibility index (Phi) is 6.18. The molecular formula is C11H19IN4S. The number of nitrogens with one attached hydrogen (secondary N) is 2. The predicted octanol–water partition coefficient (Wildman–Crippen LogP) is 2.32. The fraction of sp³-hybridized carbons (Fsp3) is 0.636. The number of guanidine groups is 1. The summed E-state index contributed by atoms with van der Waals surface area (Å²) in [6, 6.07) is 0. The molecule has 2 N–H and O–H groups in total. The lowest BCUT2D eigenvalue weighted by Crippen LogP contribution is -2.40. The van der Waals surface area contributed by atoms with Crippen molar-refractivity contribution in [3.63, 3.8) is 0 Å². The summed E-state index contributed by atoms with van der Waals surface area (Å²) in [5, 5.41) is 9.77. The molecule has 0 aromatic carbocycles. The van der Waals surface area contributed by atoms with Crippen molar-refractivity contribution in [1.82, 2.24) is 15.6 Å². The van der Waals surface area contributed by atoms with Crippen molar-refractivity contribution in [2.75, 3.05) is 13.1 Å². The molecule has 4 nitrogen and oxygen atoms in total. The van der Waals surface area contributed by atoms with E-state index in [-0.39, 0.29) is 24.0 Å². The molecular weight excluding hydrogens is 347 g/mol. The second-order valence-corrected chi connectivity index (χ2v) is 5.13. The van der Waals surface area contributed by atoms with Crippen molar-refractivity contribution >= 4 is 41.3 Å². The van der Waals surface area contributed by atoms with Crippen LogP contribution >= 0.6 is 35.3 Å². The highest BCUT2D eigenvalue weighted by Gasteiger charge is 2.07. The minimum atomic E-state index is 0. The van der Waals surface area contributed by atoms with E-state index in [4.69, 9.17) is 0 Å². The zero-order chi connectivity index (χ0) is 11.4. The van der Waals surface area contributed by atoms with Crippen LogP contribution in [0.25, 0.3) is 0 Å². The molecule has 0 fully saturated rings. The first-order chi connectivity index (χ1) is 7.75. The normalized spacial score (nSPS) is 14.9. The highest BCUT2D eigenvalue weighted by molar-refractivity contribution is 14.0. The lowest BCUT2D eigenvalue weighted by molar-refractivity contribution is 0.699. The van der Waals surface area contributed by atoms with E-state index in [1.165, 1.54) is 5.69 Å². The van der Waals surface area contributed by atoms with Crippen molar-refractivity contribution in [3.05, 3.63) is 16.1 Å². The number of thiazole rings is 1. The molecule has 1 aliphatic heterocycles. The van der Waals surface area contributed by atoms with Gasteiger partial charge < -0.3 is 10.6 Å². The molecule has 0 saturated heterocycles. The average Bonchev–Trinajstić information content (AvgIpc) is 2.76. The van der Waals surface area contributed by atoms with Gasteiger partial charge in [-0.1, -0.05) is 13.8 Å². The number of aliphatic imine (C=N–C) groups is 1. The molecule has 0 spiro atoms. The third kappa shape index (κ3) is 4.42. The molecule has 0 bridgehead atoms. The molecule has 17 heavy (non-hydrogen) atoms. The Hall–Kier alpha value is -0.370. The number of hydrogen-bond acceptors (Lipinski definition) is 5. The summed E-state index contributed by atoms with van der Waals surface area (Å²) in [7, 11) is 0. The second kappa shape index (κ2) is 7.15. The fourth-order valence-corrected chi connectivity index (χ4v) is 2.38.